The molecular formula is C22H22N2O5. The molecule has 0 bridgehead atoms. The molecule has 150 valence electrons. The van der Waals surface area contributed by atoms with E-state index in [1.165, 1.54) is 0 Å². The molecule has 1 heterocycles. The van der Waals surface area contributed by atoms with Crippen LogP contribution in [0.4, 0.5) is 5.88 Å². The Morgan fingerprint density at radius 2 is 1.86 bits per heavy atom. The zero-order valence-electron chi connectivity index (χ0n) is 16.3. The number of esters is 1. The van der Waals surface area contributed by atoms with E-state index in [0.717, 1.165) is 16.7 Å². The number of methoxy groups -OCH3 is 1. The van der Waals surface area contributed by atoms with Gasteiger partial charge in [0, 0.05) is 18.1 Å². The third-order valence-electron chi connectivity index (χ3n) is 4.28. The van der Waals surface area contributed by atoms with Gasteiger partial charge in [-0.25, -0.2) is 0 Å². The molecule has 0 aliphatic heterocycles. The van der Waals surface area contributed by atoms with Gasteiger partial charge in [0.1, 0.15) is 11.4 Å². The first-order chi connectivity index (χ1) is 14.0. The summed E-state index contributed by atoms with van der Waals surface area (Å²) >= 11 is 0. The van der Waals surface area contributed by atoms with Gasteiger partial charge in [0.05, 0.1) is 7.11 Å². The summed E-state index contributed by atoms with van der Waals surface area (Å²) in [4.78, 5) is 23.9. The molecule has 7 heteroatoms. The van der Waals surface area contributed by atoms with Crippen LogP contribution in [0.1, 0.15) is 17.5 Å². The summed E-state index contributed by atoms with van der Waals surface area (Å²) in [6.07, 6.45) is 0.611. The number of carbonyl (C=O) groups is 2. The molecule has 0 fully saturated rings. The zero-order chi connectivity index (χ0) is 20.6. The quantitative estimate of drug-likeness (QED) is 0.585. The molecule has 0 saturated carbocycles. The van der Waals surface area contributed by atoms with Crippen molar-refractivity contribution in [1.29, 1.82) is 0 Å². The zero-order valence-corrected chi connectivity index (χ0v) is 16.3. The fourth-order valence-corrected chi connectivity index (χ4v) is 2.73. The molecule has 3 aromatic rings. The normalized spacial score (nSPS) is 10.4. The van der Waals surface area contributed by atoms with Crippen LogP contribution in [0.3, 0.4) is 0 Å². The van der Waals surface area contributed by atoms with Gasteiger partial charge in [0.2, 0.25) is 5.88 Å². The Labute approximate surface area is 168 Å². The van der Waals surface area contributed by atoms with Crippen molar-refractivity contribution in [1.82, 2.24) is 5.16 Å². The van der Waals surface area contributed by atoms with Crippen molar-refractivity contribution in [3.8, 4) is 17.0 Å². The summed E-state index contributed by atoms with van der Waals surface area (Å²) < 4.78 is 15.4. The third-order valence-corrected chi connectivity index (χ3v) is 4.28. The summed E-state index contributed by atoms with van der Waals surface area (Å²) in [7, 11) is 1.58. The Balaban J connectivity index is 1.45. The number of anilines is 1. The Morgan fingerprint density at radius 1 is 1.10 bits per heavy atom. The van der Waals surface area contributed by atoms with Crippen LogP contribution in [0, 0.1) is 6.92 Å². The summed E-state index contributed by atoms with van der Waals surface area (Å²) in [5, 5.41) is 6.46. The minimum atomic E-state index is -0.498. The van der Waals surface area contributed by atoms with E-state index in [-0.39, 0.29) is 12.3 Å². The Morgan fingerprint density at radius 3 is 2.62 bits per heavy atom. The molecule has 29 heavy (non-hydrogen) atoms. The second kappa shape index (κ2) is 9.54. The number of benzene rings is 2. The van der Waals surface area contributed by atoms with Crippen molar-refractivity contribution in [2.75, 3.05) is 19.0 Å². The molecule has 1 N–H and O–H groups in total. The lowest BCUT2D eigenvalue weighted by Crippen LogP contribution is -2.20. The number of para-hydroxylation sites is 1. The largest absolute Gasteiger partial charge is 0.496 e. The molecular weight excluding hydrogens is 372 g/mol. The highest BCUT2D eigenvalue weighted by molar-refractivity contribution is 5.92. The minimum absolute atomic E-state index is 0.146. The number of nitrogens with one attached hydrogen (secondary N) is 1. The topological polar surface area (TPSA) is 90.7 Å². The summed E-state index contributed by atoms with van der Waals surface area (Å²) in [6, 6.07) is 16.8. The summed E-state index contributed by atoms with van der Waals surface area (Å²) in [5.74, 6) is -0.0605. The number of carbonyl (C=O) groups excluding carboxylic acids is 2. The lowest BCUT2D eigenvalue weighted by atomic mass is 10.1. The van der Waals surface area contributed by atoms with Gasteiger partial charge in [-0.2, -0.15) is 0 Å². The van der Waals surface area contributed by atoms with Gasteiger partial charge in [0.15, 0.2) is 6.61 Å². The van der Waals surface area contributed by atoms with Crippen LogP contribution < -0.4 is 10.1 Å². The number of nitrogens with zero attached hydrogens (tertiary/aromatic N) is 1. The van der Waals surface area contributed by atoms with E-state index in [2.05, 4.69) is 10.5 Å². The highest BCUT2D eigenvalue weighted by atomic mass is 16.5. The van der Waals surface area contributed by atoms with Crippen LogP contribution in [-0.4, -0.2) is 30.7 Å². The first-order valence-corrected chi connectivity index (χ1v) is 9.16. The number of hydrogen-bond acceptors (Lipinski definition) is 6. The molecule has 0 radical (unpaired) electrons. The SMILES string of the molecule is COc1ccccc1CCC(=O)OCC(=O)Nc1cc(-c2ccc(C)cc2)no1. The predicted octanol–water partition coefficient (Wildman–Crippen LogP) is 3.77. The monoisotopic (exact) mass is 394 g/mol. The molecule has 0 unspecified atom stereocenters. The summed E-state index contributed by atoms with van der Waals surface area (Å²) in [6.45, 7) is 1.60. The van der Waals surface area contributed by atoms with Crippen molar-refractivity contribution in [3.05, 3.63) is 65.7 Å². The minimum Gasteiger partial charge on any atom is -0.496 e. The number of amides is 1. The van der Waals surface area contributed by atoms with Crippen LogP contribution in [0.5, 0.6) is 5.75 Å². The lowest BCUT2D eigenvalue weighted by molar-refractivity contribution is -0.147. The molecule has 1 aromatic heterocycles. The van der Waals surface area contributed by atoms with Gasteiger partial charge < -0.3 is 14.0 Å². The maximum Gasteiger partial charge on any atom is 0.306 e. The van der Waals surface area contributed by atoms with Crippen LogP contribution >= 0.6 is 0 Å². The number of rotatable bonds is 8. The van der Waals surface area contributed by atoms with Crippen molar-refractivity contribution in [3.63, 3.8) is 0 Å². The van der Waals surface area contributed by atoms with Gasteiger partial charge in [-0.05, 0) is 25.0 Å². The fraction of sp³-hybridized carbons (Fsp3) is 0.227. The standard InChI is InChI=1S/C22H22N2O5/c1-15-7-9-16(10-8-15)18-13-21(29-24-18)23-20(25)14-28-22(26)12-11-17-5-3-4-6-19(17)27-2/h3-10,13H,11-12,14H2,1-2H3,(H,23,25). The molecule has 0 aliphatic rings. The van der Waals surface area contributed by atoms with E-state index in [1.807, 2.05) is 55.5 Å². The van der Waals surface area contributed by atoms with Gasteiger partial charge in [0.25, 0.3) is 5.91 Å². The highest BCUT2D eigenvalue weighted by Gasteiger charge is 2.13. The Kier molecular flexibility index (Phi) is 6.63. The number of aromatic nitrogens is 1. The molecule has 1 amide bonds. The van der Waals surface area contributed by atoms with Crippen molar-refractivity contribution >= 4 is 17.8 Å². The fourth-order valence-electron chi connectivity index (χ4n) is 2.73. The molecule has 3 rings (SSSR count). The van der Waals surface area contributed by atoms with Crippen molar-refractivity contribution in [2.45, 2.75) is 19.8 Å². The van der Waals surface area contributed by atoms with E-state index in [4.69, 9.17) is 14.0 Å². The van der Waals surface area contributed by atoms with Gasteiger partial charge >= 0.3 is 5.97 Å². The second-order valence-electron chi connectivity index (χ2n) is 6.46. The molecule has 2 aromatic carbocycles. The molecule has 7 nitrogen and oxygen atoms in total. The number of ether oxygens (including phenoxy) is 2. The Bertz CT molecular complexity index is 979. The van der Waals surface area contributed by atoms with E-state index >= 15 is 0 Å². The average molecular weight is 394 g/mol. The van der Waals surface area contributed by atoms with Crippen LogP contribution in [0.15, 0.2) is 59.1 Å². The Hall–Kier alpha value is -3.61. The first kappa shape index (κ1) is 20.1. The van der Waals surface area contributed by atoms with Gasteiger partial charge in [-0.15, -0.1) is 0 Å². The predicted molar refractivity (Wildman–Crippen MR) is 108 cm³/mol. The first-order valence-electron chi connectivity index (χ1n) is 9.16. The van der Waals surface area contributed by atoms with E-state index in [9.17, 15) is 9.59 Å². The van der Waals surface area contributed by atoms with Crippen LogP contribution in [-0.2, 0) is 20.7 Å². The maximum atomic E-state index is 12.0. The smallest absolute Gasteiger partial charge is 0.306 e. The molecule has 0 saturated heterocycles. The average Bonchev–Trinajstić information content (AvgIpc) is 3.19. The van der Waals surface area contributed by atoms with E-state index in [1.54, 1.807) is 13.2 Å². The molecule has 0 aliphatic carbocycles. The van der Waals surface area contributed by atoms with E-state index < -0.39 is 18.5 Å². The third kappa shape index (κ3) is 5.68. The van der Waals surface area contributed by atoms with Crippen LogP contribution in [0.25, 0.3) is 11.3 Å². The maximum absolute atomic E-state index is 12.0. The number of hydrogen-bond donors (Lipinski definition) is 1. The lowest BCUT2D eigenvalue weighted by Gasteiger charge is -2.08. The summed E-state index contributed by atoms with van der Waals surface area (Å²) in [5.41, 5.74) is 3.52. The molecule has 0 spiro atoms. The highest BCUT2D eigenvalue weighted by Crippen LogP contribution is 2.22. The van der Waals surface area contributed by atoms with Gasteiger partial charge in [-0.3, -0.25) is 14.9 Å². The van der Waals surface area contributed by atoms with E-state index in [0.29, 0.717) is 17.9 Å². The van der Waals surface area contributed by atoms with Crippen molar-refractivity contribution in [2.24, 2.45) is 0 Å². The van der Waals surface area contributed by atoms with Gasteiger partial charge in [-0.1, -0.05) is 53.2 Å². The molecule has 0 atom stereocenters. The second-order valence-corrected chi connectivity index (χ2v) is 6.46. The number of aryl methyl sites for hydroxylation is 2. The van der Waals surface area contributed by atoms with Crippen molar-refractivity contribution < 1.29 is 23.6 Å². The van der Waals surface area contributed by atoms with Crippen LogP contribution in [0.2, 0.25) is 0 Å².